The van der Waals surface area contributed by atoms with Crippen molar-refractivity contribution in [3.63, 3.8) is 0 Å². The predicted octanol–water partition coefficient (Wildman–Crippen LogP) is 2.75. The molecule has 2 N–H and O–H groups in total. The van der Waals surface area contributed by atoms with Crippen LogP contribution in [0.2, 0.25) is 0 Å². The highest BCUT2D eigenvalue weighted by Crippen LogP contribution is 2.29. The third kappa shape index (κ3) is 2.76. The Labute approximate surface area is 107 Å². The summed E-state index contributed by atoms with van der Waals surface area (Å²) in [6.07, 6.45) is -4.66. The van der Waals surface area contributed by atoms with Gasteiger partial charge in [-0.1, -0.05) is 28.9 Å². The van der Waals surface area contributed by atoms with Gasteiger partial charge < -0.3 is 10.3 Å². The van der Waals surface area contributed by atoms with Gasteiger partial charge in [0.15, 0.2) is 5.82 Å². The molecule has 0 aliphatic carbocycles. The standard InChI is InChI=1S/C12H12F3N3O/c1-6-3-4-7(2)8(5-6)9(16)10-17-11(19-18-10)12(13,14)15/h3-5,9H,16H2,1-2H3. The fourth-order valence-corrected chi connectivity index (χ4v) is 1.71. The smallest absolute Gasteiger partial charge is 0.329 e. The average molecular weight is 271 g/mol. The van der Waals surface area contributed by atoms with Crippen molar-refractivity contribution in [3.8, 4) is 0 Å². The molecule has 1 atom stereocenters. The van der Waals surface area contributed by atoms with E-state index in [9.17, 15) is 13.2 Å². The zero-order valence-electron chi connectivity index (χ0n) is 10.3. The Morgan fingerprint density at radius 2 is 1.95 bits per heavy atom. The lowest BCUT2D eigenvalue weighted by atomic mass is 9.99. The Bertz CT molecular complexity index is 592. The maximum atomic E-state index is 12.4. The Balaban J connectivity index is 2.36. The Kier molecular flexibility index (Phi) is 3.32. The molecule has 2 aromatic rings. The van der Waals surface area contributed by atoms with E-state index in [-0.39, 0.29) is 5.82 Å². The third-order valence-electron chi connectivity index (χ3n) is 2.73. The van der Waals surface area contributed by atoms with Crippen LogP contribution in [0.25, 0.3) is 0 Å². The number of aromatic nitrogens is 2. The molecule has 0 radical (unpaired) electrons. The fraction of sp³-hybridized carbons (Fsp3) is 0.333. The normalized spacial score (nSPS) is 13.6. The molecular formula is C12H12F3N3O. The summed E-state index contributed by atoms with van der Waals surface area (Å²) >= 11 is 0. The quantitative estimate of drug-likeness (QED) is 0.912. The van der Waals surface area contributed by atoms with Crippen molar-refractivity contribution in [2.75, 3.05) is 0 Å². The number of nitrogens with zero attached hydrogens (tertiary/aromatic N) is 2. The number of benzene rings is 1. The Morgan fingerprint density at radius 3 is 2.53 bits per heavy atom. The number of hydrogen-bond acceptors (Lipinski definition) is 4. The predicted molar refractivity (Wildman–Crippen MR) is 61.2 cm³/mol. The number of aryl methyl sites for hydroxylation is 2. The first kappa shape index (κ1) is 13.5. The summed E-state index contributed by atoms with van der Waals surface area (Å²) in [5.74, 6) is -1.57. The van der Waals surface area contributed by atoms with Gasteiger partial charge in [-0.25, -0.2) is 0 Å². The van der Waals surface area contributed by atoms with Gasteiger partial charge in [-0.05, 0) is 25.0 Å². The van der Waals surface area contributed by atoms with Crippen LogP contribution in [0.1, 0.15) is 34.4 Å². The SMILES string of the molecule is Cc1ccc(C)c(C(N)c2noc(C(F)(F)F)n2)c1. The average Bonchev–Trinajstić information content (AvgIpc) is 2.80. The molecule has 0 saturated carbocycles. The molecule has 4 nitrogen and oxygen atoms in total. The van der Waals surface area contributed by atoms with Gasteiger partial charge in [0, 0.05) is 0 Å². The lowest BCUT2D eigenvalue weighted by Gasteiger charge is -2.11. The number of rotatable bonds is 2. The number of halogens is 3. The van der Waals surface area contributed by atoms with Crippen LogP contribution >= 0.6 is 0 Å². The van der Waals surface area contributed by atoms with Crippen LogP contribution in [0.4, 0.5) is 13.2 Å². The zero-order chi connectivity index (χ0) is 14.2. The summed E-state index contributed by atoms with van der Waals surface area (Å²) in [5, 5.41) is 3.30. The van der Waals surface area contributed by atoms with Crippen LogP contribution in [0.15, 0.2) is 22.7 Å². The van der Waals surface area contributed by atoms with Crippen LogP contribution in [-0.4, -0.2) is 10.1 Å². The minimum Gasteiger partial charge on any atom is -0.329 e. The molecule has 0 amide bonds. The minimum atomic E-state index is -4.66. The van der Waals surface area contributed by atoms with Gasteiger partial charge in [0.1, 0.15) is 0 Å². The second kappa shape index (κ2) is 4.65. The summed E-state index contributed by atoms with van der Waals surface area (Å²) in [5.41, 5.74) is 8.38. The van der Waals surface area contributed by atoms with E-state index < -0.39 is 18.1 Å². The first-order valence-electron chi connectivity index (χ1n) is 5.52. The van der Waals surface area contributed by atoms with E-state index >= 15 is 0 Å². The Morgan fingerprint density at radius 1 is 1.26 bits per heavy atom. The van der Waals surface area contributed by atoms with E-state index in [4.69, 9.17) is 5.73 Å². The molecule has 19 heavy (non-hydrogen) atoms. The zero-order valence-corrected chi connectivity index (χ0v) is 10.3. The van der Waals surface area contributed by atoms with Crippen molar-refractivity contribution >= 4 is 0 Å². The summed E-state index contributed by atoms with van der Waals surface area (Å²) in [6.45, 7) is 3.69. The fourth-order valence-electron chi connectivity index (χ4n) is 1.71. The largest absolute Gasteiger partial charge is 0.471 e. The molecule has 0 aliphatic rings. The highest BCUT2D eigenvalue weighted by molar-refractivity contribution is 5.35. The molecule has 102 valence electrons. The molecule has 1 aromatic carbocycles. The maximum Gasteiger partial charge on any atom is 0.471 e. The van der Waals surface area contributed by atoms with Gasteiger partial charge in [0.2, 0.25) is 0 Å². The number of hydrogen-bond donors (Lipinski definition) is 1. The highest BCUT2D eigenvalue weighted by atomic mass is 19.4. The maximum absolute atomic E-state index is 12.4. The van der Waals surface area contributed by atoms with Crippen molar-refractivity contribution in [1.29, 1.82) is 0 Å². The first-order valence-corrected chi connectivity index (χ1v) is 5.52. The molecule has 0 saturated heterocycles. The molecule has 7 heteroatoms. The van der Waals surface area contributed by atoms with E-state index in [1.165, 1.54) is 0 Å². The molecule has 0 fully saturated rings. The van der Waals surface area contributed by atoms with Crippen molar-refractivity contribution in [2.24, 2.45) is 5.73 Å². The van der Waals surface area contributed by atoms with Crippen molar-refractivity contribution in [1.82, 2.24) is 10.1 Å². The van der Waals surface area contributed by atoms with Gasteiger partial charge in [0.25, 0.3) is 0 Å². The molecule has 0 aliphatic heterocycles. The van der Waals surface area contributed by atoms with Crippen molar-refractivity contribution in [2.45, 2.75) is 26.1 Å². The van der Waals surface area contributed by atoms with E-state index in [1.807, 2.05) is 26.0 Å². The lowest BCUT2D eigenvalue weighted by molar-refractivity contribution is -0.159. The minimum absolute atomic E-state index is 0.180. The first-order chi connectivity index (χ1) is 8.79. The van der Waals surface area contributed by atoms with E-state index in [0.717, 1.165) is 11.1 Å². The van der Waals surface area contributed by atoms with Crippen molar-refractivity contribution < 1.29 is 17.7 Å². The van der Waals surface area contributed by atoms with Crippen molar-refractivity contribution in [3.05, 3.63) is 46.6 Å². The summed E-state index contributed by atoms with van der Waals surface area (Å²) in [7, 11) is 0. The monoisotopic (exact) mass is 271 g/mol. The summed E-state index contributed by atoms with van der Waals surface area (Å²) in [6, 6.07) is 4.68. The van der Waals surface area contributed by atoms with Gasteiger partial charge in [-0.3, -0.25) is 0 Å². The molecular weight excluding hydrogens is 259 g/mol. The van der Waals surface area contributed by atoms with Crippen LogP contribution < -0.4 is 5.73 Å². The van der Waals surface area contributed by atoms with Gasteiger partial charge in [-0.2, -0.15) is 18.2 Å². The highest BCUT2D eigenvalue weighted by Gasteiger charge is 2.39. The molecule has 0 bridgehead atoms. The second-order valence-electron chi connectivity index (χ2n) is 4.29. The summed E-state index contributed by atoms with van der Waals surface area (Å²) in [4.78, 5) is 3.30. The van der Waals surface area contributed by atoms with Gasteiger partial charge >= 0.3 is 12.1 Å². The number of alkyl halides is 3. The van der Waals surface area contributed by atoms with Gasteiger partial charge in [-0.15, -0.1) is 0 Å². The molecule has 2 rings (SSSR count). The third-order valence-corrected chi connectivity index (χ3v) is 2.73. The molecule has 1 aromatic heterocycles. The van der Waals surface area contributed by atoms with Crippen LogP contribution in [0, 0.1) is 13.8 Å². The summed E-state index contributed by atoms with van der Waals surface area (Å²) < 4.78 is 41.3. The Hall–Kier alpha value is -1.89. The van der Waals surface area contributed by atoms with Gasteiger partial charge in [0.05, 0.1) is 6.04 Å². The second-order valence-corrected chi connectivity index (χ2v) is 4.29. The lowest BCUT2D eigenvalue weighted by Crippen LogP contribution is -2.16. The van der Waals surface area contributed by atoms with Crippen LogP contribution in [0.5, 0.6) is 0 Å². The molecule has 1 heterocycles. The van der Waals surface area contributed by atoms with Crippen LogP contribution in [0.3, 0.4) is 0 Å². The topological polar surface area (TPSA) is 64.9 Å². The number of nitrogens with two attached hydrogens (primary N) is 1. The molecule has 0 spiro atoms. The van der Waals surface area contributed by atoms with Crippen LogP contribution in [-0.2, 0) is 6.18 Å². The van der Waals surface area contributed by atoms with E-state index in [2.05, 4.69) is 14.7 Å². The van der Waals surface area contributed by atoms with E-state index in [1.54, 1.807) is 6.07 Å². The van der Waals surface area contributed by atoms with E-state index in [0.29, 0.717) is 5.56 Å². The molecule has 1 unspecified atom stereocenters.